The second-order valence-electron chi connectivity index (χ2n) is 9.22. The molecule has 2 aliphatic heterocycles. The van der Waals surface area contributed by atoms with Crippen LogP contribution in [-0.2, 0) is 14.1 Å². The Morgan fingerprint density at radius 2 is 1.76 bits per heavy atom. The number of aromatic nitrogens is 2. The lowest BCUT2D eigenvalue weighted by Crippen LogP contribution is -2.56. The zero-order valence-electron chi connectivity index (χ0n) is 17.5. The molecule has 0 saturated heterocycles. The van der Waals surface area contributed by atoms with E-state index in [4.69, 9.17) is 9.47 Å². The standard InChI is InChI=1S/C23H26N2O4/c1-22(2)14-10-11-23(3)15(12-13-8-6-7-9-16(13)28-23)17(14)18-19(26)24(4)21(27)25(5)20(18)29-22/h6-9,12,14,17H,10-11H2,1-5H3/t14-,17-,23+/m1/s1. The van der Waals surface area contributed by atoms with Crippen molar-refractivity contribution in [1.29, 1.82) is 0 Å². The number of para-hydroxylation sites is 1. The van der Waals surface area contributed by atoms with Crippen LogP contribution in [0.3, 0.4) is 0 Å². The Hall–Kier alpha value is -2.76. The summed E-state index contributed by atoms with van der Waals surface area (Å²) in [7, 11) is 3.20. The minimum atomic E-state index is -0.507. The van der Waals surface area contributed by atoms with Crippen LogP contribution in [0.25, 0.3) is 6.08 Å². The lowest BCUT2D eigenvalue weighted by Gasteiger charge is -2.53. The van der Waals surface area contributed by atoms with Gasteiger partial charge in [-0.25, -0.2) is 4.79 Å². The number of benzene rings is 1. The molecule has 1 saturated carbocycles. The van der Waals surface area contributed by atoms with Crippen LogP contribution in [0.2, 0.25) is 0 Å². The van der Waals surface area contributed by atoms with Gasteiger partial charge in [0.25, 0.3) is 5.56 Å². The number of rotatable bonds is 0. The summed E-state index contributed by atoms with van der Waals surface area (Å²) in [6, 6.07) is 8.00. The fourth-order valence-corrected chi connectivity index (χ4v) is 5.41. The van der Waals surface area contributed by atoms with Crippen LogP contribution in [0.1, 0.15) is 50.7 Å². The summed E-state index contributed by atoms with van der Waals surface area (Å²) in [5.41, 5.74) is 1.04. The van der Waals surface area contributed by atoms with E-state index in [9.17, 15) is 9.59 Å². The zero-order valence-corrected chi connectivity index (χ0v) is 17.5. The molecule has 3 aliphatic rings. The van der Waals surface area contributed by atoms with E-state index in [0.29, 0.717) is 11.4 Å². The van der Waals surface area contributed by atoms with Gasteiger partial charge in [-0.1, -0.05) is 18.2 Å². The van der Waals surface area contributed by atoms with Crippen LogP contribution in [0.5, 0.6) is 11.6 Å². The molecule has 152 valence electrons. The molecular formula is C23H26N2O4. The first kappa shape index (κ1) is 18.3. The van der Waals surface area contributed by atoms with E-state index in [2.05, 4.69) is 26.8 Å². The van der Waals surface area contributed by atoms with Crippen molar-refractivity contribution in [2.45, 2.75) is 50.7 Å². The predicted octanol–water partition coefficient (Wildman–Crippen LogP) is 2.98. The molecule has 0 spiro atoms. The Kier molecular flexibility index (Phi) is 3.56. The van der Waals surface area contributed by atoms with Crippen LogP contribution < -0.4 is 20.7 Å². The highest BCUT2D eigenvalue weighted by atomic mass is 16.5. The van der Waals surface area contributed by atoms with Gasteiger partial charge in [-0.2, -0.15) is 0 Å². The average molecular weight is 394 g/mol. The second-order valence-corrected chi connectivity index (χ2v) is 9.22. The number of fused-ring (bicyclic) bond motifs is 6. The van der Waals surface area contributed by atoms with Gasteiger partial charge in [0, 0.05) is 31.5 Å². The first-order valence-electron chi connectivity index (χ1n) is 10.1. The maximum atomic E-state index is 13.3. The van der Waals surface area contributed by atoms with Gasteiger partial charge in [-0.05, 0) is 51.3 Å². The van der Waals surface area contributed by atoms with E-state index < -0.39 is 11.2 Å². The van der Waals surface area contributed by atoms with Crippen LogP contribution >= 0.6 is 0 Å². The fraction of sp³-hybridized carbons (Fsp3) is 0.478. The number of nitrogens with zero attached hydrogens (tertiary/aromatic N) is 2. The van der Waals surface area contributed by atoms with Crippen LogP contribution in [-0.4, -0.2) is 20.3 Å². The number of hydrogen-bond acceptors (Lipinski definition) is 4. The predicted molar refractivity (Wildman–Crippen MR) is 111 cm³/mol. The largest absolute Gasteiger partial charge is 0.483 e. The van der Waals surface area contributed by atoms with Gasteiger partial charge < -0.3 is 9.47 Å². The summed E-state index contributed by atoms with van der Waals surface area (Å²) in [6.45, 7) is 6.21. The first-order valence-corrected chi connectivity index (χ1v) is 10.1. The molecule has 0 bridgehead atoms. The van der Waals surface area contributed by atoms with Crippen molar-refractivity contribution < 1.29 is 9.47 Å². The van der Waals surface area contributed by atoms with Crippen molar-refractivity contribution in [1.82, 2.24) is 9.13 Å². The number of ether oxygens (including phenoxy) is 2. The smallest absolute Gasteiger partial charge is 0.333 e. The van der Waals surface area contributed by atoms with E-state index in [0.717, 1.165) is 29.7 Å². The third-order valence-electron chi connectivity index (χ3n) is 7.05. The lowest BCUT2D eigenvalue weighted by molar-refractivity contribution is -0.0324. The highest BCUT2D eigenvalue weighted by Gasteiger charge is 2.55. The summed E-state index contributed by atoms with van der Waals surface area (Å²) >= 11 is 0. The summed E-state index contributed by atoms with van der Waals surface area (Å²) in [6.07, 6.45) is 3.91. The molecule has 2 aromatic rings. The Balaban J connectivity index is 1.84. The second kappa shape index (κ2) is 5.65. The van der Waals surface area contributed by atoms with Gasteiger partial charge in [-0.15, -0.1) is 0 Å². The summed E-state index contributed by atoms with van der Waals surface area (Å²) in [4.78, 5) is 25.8. The van der Waals surface area contributed by atoms with E-state index in [-0.39, 0.29) is 23.1 Å². The third-order valence-corrected chi connectivity index (χ3v) is 7.05. The molecular weight excluding hydrogens is 368 g/mol. The van der Waals surface area contributed by atoms with Gasteiger partial charge in [0.05, 0.1) is 5.56 Å². The molecule has 1 aromatic heterocycles. The molecule has 1 fully saturated rings. The average Bonchev–Trinajstić information content (AvgIpc) is 2.68. The van der Waals surface area contributed by atoms with Crippen molar-refractivity contribution in [3.8, 4) is 11.6 Å². The van der Waals surface area contributed by atoms with E-state index in [1.165, 1.54) is 16.2 Å². The van der Waals surface area contributed by atoms with Crippen LogP contribution in [0.15, 0.2) is 39.4 Å². The monoisotopic (exact) mass is 394 g/mol. The Bertz CT molecular complexity index is 1190. The molecule has 6 heteroatoms. The Morgan fingerprint density at radius 1 is 1.03 bits per heavy atom. The van der Waals surface area contributed by atoms with Crippen molar-refractivity contribution in [2.24, 2.45) is 20.0 Å². The highest BCUT2D eigenvalue weighted by Crippen LogP contribution is 2.57. The van der Waals surface area contributed by atoms with E-state index in [1.54, 1.807) is 7.05 Å². The molecule has 1 aromatic carbocycles. The summed E-state index contributed by atoms with van der Waals surface area (Å²) in [5.74, 6) is 1.21. The summed E-state index contributed by atoms with van der Waals surface area (Å²) < 4.78 is 15.4. The first-order chi connectivity index (χ1) is 13.6. The van der Waals surface area contributed by atoms with Gasteiger partial charge >= 0.3 is 5.69 Å². The van der Waals surface area contributed by atoms with Crippen molar-refractivity contribution >= 4 is 6.08 Å². The molecule has 0 unspecified atom stereocenters. The molecule has 0 radical (unpaired) electrons. The quantitative estimate of drug-likeness (QED) is 0.689. The van der Waals surface area contributed by atoms with Gasteiger partial charge in [0.1, 0.15) is 17.0 Å². The lowest BCUT2D eigenvalue weighted by atomic mass is 9.60. The number of hydrogen-bond donors (Lipinski definition) is 0. The van der Waals surface area contributed by atoms with Crippen LogP contribution in [0.4, 0.5) is 0 Å². The van der Waals surface area contributed by atoms with Gasteiger partial charge in [-0.3, -0.25) is 13.9 Å². The van der Waals surface area contributed by atoms with Gasteiger partial charge in [0.2, 0.25) is 5.88 Å². The topological polar surface area (TPSA) is 62.5 Å². The molecule has 0 amide bonds. The van der Waals surface area contributed by atoms with E-state index in [1.807, 2.05) is 24.3 Å². The van der Waals surface area contributed by atoms with E-state index >= 15 is 0 Å². The van der Waals surface area contributed by atoms with Crippen molar-refractivity contribution in [2.75, 3.05) is 0 Å². The van der Waals surface area contributed by atoms with Crippen molar-refractivity contribution in [3.05, 3.63) is 61.8 Å². The molecule has 29 heavy (non-hydrogen) atoms. The molecule has 0 N–H and O–H groups in total. The van der Waals surface area contributed by atoms with Crippen molar-refractivity contribution in [3.63, 3.8) is 0 Å². The minimum Gasteiger partial charge on any atom is -0.483 e. The normalized spacial score (nSPS) is 28.7. The third kappa shape index (κ3) is 2.35. The molecule has 6 nitrogen and oxygen atoms in total. The zero-order chi connectivity index (χ0) is 20.7. The minimum absolute atomic E-state index is 0.119. The molecule has 3 atom stereocenters. The Morgan fingerprint density at radius 3 is 2.52 bits per heavy atom. The SMILES string of the molecule is Cn1c2c(c(=O)n(C)c1=O)[C@H]1C3=Cc4ccccc4O[C@@]3(C)CC[C@H]1C(C)(C)O2. The highest BCUT2D eigenvalue weighted by molar-refractivity contribution is 5.67. The van der Waals surface area contributed by atoms with Crippen LogP contribution in [0, 0.1) is 5.92 Å². The molecule has 5 rings (SSSR count). The maximum Gasteiger partial charge on any atom is 0.333 e. The summed E-state index contributed by atoms with van der Waals surface area (Å²) in [5, 5.41) is 0. The maximum absolute atomic E-state index is 13.3. The molecule has 1 aliphatic carbocycles. The Labute approximate surface area is 169 Å². The van der Waals surface area contributed by atoms with Gasteiger partial charge in [0.15, 0.2) is 0 Å². The fourth-order valence-electron chi connectivity index (χ4n) is 5.41. The molecule has 3 heterocycles.